The summed E-state index contributed by atoms with van der Waals surface area (Å²) >= 11 is 0. The van der Waals surface area contributed by atoms with E-state index in [1.807, 2.05) is 0 Å². The molecule has 0 atom stereocenters. The zero-order chi connectivity index (χ0) is 12.4. The van der Waals surface area contributed by atoms with Crippen LogP contribution in [0.25, 0.3) is 0 Å². The molecule has 3 nitrogen and oxygen atoms in total. The maximum absolute atomic E-state index is 13.2. The fourth-order valence-electron chi connectivity index (χ4n) is 1.46. The number of ketones is 1. The number of Topliss-reactive ketones (excluding diaryl/α,β-unsaturated/α-hetero) is 1. The SMILES string of the molecule is O=C(CNC(=O)C1CC1)c1cc(F)ccc1F. The molecule has 0 spiro atoms. The molecule has 1 aromatic carbocycles. The first kappa shape index (κ1) is 11.7. The summed E-state index contributed by atoms with van der Waals surface area (Å²) < 4.78 is 26.1. The van der Waals surface area contributed by atoms with E-state index in [9.17, 15) is 18.4 Å². The first-order valence-electron chi connectivity index (χ1n) is 5.34. The van der Waals surface area contributed by atoms with Gasteiger partial charge in [-0.05, 0) is 31.0 Å². The second-order valence-corrected chi connectivity index (χ2v) is 4.04. The molecule has 1 aliphatic rings. The molecule has 0 radical (unpaired) electrons. The molecule has 2 rings (SSSR count). The summed E-state index contributed by atoms with van der Waals surface area (Å²) in [5.41, 5.74) is -0.332. The highest BCUT2D eigenvalue weighted by Crippen LogP contribution is 2.28. The van der Waals surface area contributed by atoms with Gasteiger partial charge in [0.15, 0.2) is 5.78 Å². The van der Waals surface area contributed by atoms with E-state index in [1.165, 1.54) is 0 Å². The topological polar surface area (TPSA) is 46.2 Å². The number of carbonyl (C=O) groups excluding carboxylic acids is 2. The maximum atomic E-state index is 13.2. The first-order valence-corrected chi connectivity index (χ1v) is 5.34. The predicted octanol–water partition coefficient (Wildman–Crippen LogP) is 1.67. The van der Waals surface area contributed by atoms with Crippen molar-refractivity contribution in [2.45, 2.75) is 12.8 Å². The number of amides is 1. The van der Waals surface area contributed by atoms with Gasteiger partial charge in [0.25, 0.3) is 0 Å². The molecule has 0 aromatic heterocycles. The highest BCUT2D eigenvalue weighted by molar-refractivity contribution is 5.99. The van der Waals surface area contributed by atoms with Crippen molar-refractivity contribution >= 4 is 11.7 Å². The quantitative estimate of drug-likeness (QED) is 0.812. The Labute approximate surface area is 96.8 Å². The number of hydrogen-bond donors (Lipinski definition) is 1. The summed E-state index contributed by atoms with van der Waals surface area (Å²) in [6.45, 7) is -0.296. The number of benzene rings is 1. The number of carbonyl (C=O) groups is 2. The van der Waals surface area contributed by atoms with Crippen molar-refractivity contribution in [2.24, 2.45) is 5.92 Å². The largest absolute Gasteiger partial charge is 0.348 e. The van der Waals surface area contributed by atoms with Crippen LogP contribution in [0.2, 0.25) is 0 Å². The van der Waals surface area contributed by atoms with Crippen molar-refractivity contribution in [1.29, 1.82) is 0 Å². The minimum atomic E-state index is -0.780. The van der Waals surface area contributed by atoms with Crippen molar-refractivity contribution in [3.05, 3.63) is 35.4 Å². The van der Waals surface area contributed by atoms with Gasteiger partial charge in [-0.2, -0.15) is 0 Å². The summed E-state index contributed by atoms with van der Waals surface area (Å²) in [5, 5.41) is 2.41. The van der Waals surface area contributed by atoms with Crippen molar-refractivity contribution in [3.63, 3.8) is 0 Å². The number of hydrogen-bond acceptors (Lipinski definition) is 2. The van der Waals surface area contributed by atoms with Crippen LogP contribution in [0.1, 0.15) is 23.2 Å². The highest BCUT2D eigenvalue weighted by Gasteiger charge is 2.29. The molecule has 17 heavy (non-hydrogen) atoms. The predicted molar refractivity (Wildman–Crippen MR) is 56.4 cm³/mol. The van der Waals surface area contributed by atoms with E-state index in [0.29, 0.717) is 0 Å². The molecule has 1 saturated carbocycles. The first-order chi connectivity index (χ1) is 8.08. The van der Waals surface area contributed by atoms with Gasteiger partial charge in [0.2, 0.25) is 5.91 Å². The molecule has 0 aliphatic heterocycles. The van der Waals surface area contributed by atoms with Crippen LogP contribution < -0.4 is 5.32 Å². The number of halogens is 2. The van der Waals surface area contributed by atoms with Crippen molar-refractivity contribution in [1.82, 2.24) is 5.32 Å². The molecule has 5 heteroatoms. The van der Waals surface area contributed by atoms with Gasteiger partial charge in [0.05, 0.1) is 12.1 Å². The molecule has 90 valence electrons. The van der Waals surface area contributed by atoms with Gasteiger partial charge in [-0.1, -0.05) is 0 Å². The average molecular weight is 239 g/mol. The van der Waals surface area contributed by atoms with E-state index >= 15 is 0 Å². The third-order valence-electron chi connectivity index (χ3n) is 2.60. The highest BCUT2D eigenvalue weighted by atomic mass is 19.1. The Morgan fingerprint density at radius 2 is 2.00 bits per heavy atom. The Morgan fingerprint density at radius 3 is 2.65 bits per heavy atom. The lowest BCUT2D eigenvalue weighted by Gasteiger charge is -2.04. The van der Waals surface area contributed by atoms with Gasteiger partial charge in [-0.3, -0.25) is 9.59 Å². The molecule has 1 N–H and O–H groups in total. The Hall–Kier alpha value is -1.78. The summed E-state index contributed by atoms with van der Waals surface area (Å²) in [7, 11) is 0. The third-order valence-corrected chi connectivity index (χ3v) is 2.60. The van der Waals surface area contributed by atoms with Crippen molar-refractivity contribution in [3.8, 4) is 0 Å². The zero-order valence-electron chi connectivity index (χ0n) is 9.00. The molecule has 1 aromatic rings. The van der Waals surface area contributed by atoms with Crippen LogP contribution in [-0.4, -0.2) is 18.2 Å². The summed E-state index contributed by atoms with van der Waals surface area (Å²) in [6.07, 6.45) is 1.66. The van der Waals surface area contributed by atoms with Gasteiger partial charge in [-0.25, -0.2) is 8.78 Å². The summed E-state index contributed by atoms with van der Waals surface area (Å²) in [4.78, 5) is 22.8. The minimum absolute atomic E-state index is 0.0137. The Balaban J connectivity index is 1.98. The van der Waals surface area contributed by atoms with Crippen molar-refractivity contribution < 1.29 is 18.4 Å². The summed E-state index contributed by atoms with van der Waals surface area (Å²) in [5.74, 6) is -2.30. The molecule has 1 aliphatic carbocycles. The van der Waals surface area contributed by atoms with Crippen LogP contribution in [-0.2, 0) is 4.79 Å². The molecule has 0 saturated heterocycles. The lowest BCUT2D eigenvalue weighted by atomic mass is 10.1. The van der Waals surface area contributed by atoms with E-state index in [-0.39, 0.29) is 23.9 Å². The second-order valence-electron chi connectivity index (χ2n) is 4.04. The lowest BCUT2D eigenvalue weighted by Crippen LogP contribution is -2.31. The van der Waals surface area contributed by atoms with E-state index < -0.39 is 17.4 Å². The third kappa shape index (κ3) is 2.87. The smallest absolute Gasteiger partial charge is 0.223 e. The van der Waals surface area contributed by atoms with Gasteiger partial charge < -0.3 is 5.32 Å². The van der Waals surface area contributed by atoms with E-state index in [1.54, 1.807) is 0 Å². The van der Waals surface area contributed by atoms with Crippen LogP contribution in [0, 0.1) is 17.6 Å². The van der Waals surface area contributed by atoms with E-state index in [0.717, 1.165) is 31.0 Å². The molecule has 0 heterocycles. The summed E-state index contributed by atoms with van der Waals surface area (Å²) in [6, 6.07) is 2.67. The molecular weight excluding hydrogens is 228 g/mol. The average Bonchev–Trinajstić information content (AvgIpc) is 3.12. The van der Waals surface area contributed by atoms with Gasteiger partial charge in [-0.15, -0.1) is 0 Å². The lowest BCUT2D eigenvalue weighted by molar-refractivity contribution is -0.122. The normalized spacial score (nSPS) is 14.5. The monoisotopic (exact) mass is 239 g/mol. The zero-order valence-corrected chi connectivity index (χ0v) is 9.00. The molecule has 0 bridgehead atoms. The Bertz CT molecular complexity index is 470. The number of rotatable bonds is 4. The minimum Gasteiger partial charge on any atom is -0.348 e. The van der Waals surface area contributed by atoms with Crippen molar-refractivity contribution in [2.75, 3.05) is 6.54 Å². The van der Waals surface area contributed by atoms with E-state index in [4.69, 9.17) is 0 Å². The van der Waals surface area contributed by atoms with Gasteiger partial charge >= 0.3 is 0 Å². The second kappa shape index (κ2) is 4.61. The molecule has 1 amide bonds. The fraction of sp³-hybridized carbons (Fsp3) is 0.333. The molecule has 0 unspecified atom stereocenters. The molecule has 1 fully saturated rings. The number of nitrogens with one attached hydrogen (secondary N) is 1. The fourth-order valence-corrected chi connectivity index (χ4v) is 1.46. The van der Waals surface area contributed by atoms with Crippen LogP contribution in [0.5, 0.6) is 0 Å². The Morgan fingerprint density at radius 1 is 1.29 bits per heavy atom. The standard InChI is InChI=1S/C12H11F2NO2/c13-8-3-4-10(14)9(5-8)11(16)6-15-12(17)7-1-2-7/h3-5,7H,1-2,6H2,(H,15,17). The molecular formula is C12H11F2NO2. The van der Waals surface area contributed by atoms with Gasteiger partial charge in [0.1, 0.15) is 11.6 Å². The van der Waals surface area contributed by atoms with Gasteiger partial charge in [0, 0.05) is 5.92 Å². The van der Waals surface area contributed by atoms with E-state index in [2.05, 4.69) is 5.32 Å². The van der Waals surface area contributed by atoms with Crippen LogP contribution in [0.4, 0.5) is 8.78 Å². The van der Waals surface area contributed by atoms with Crippen LogP contribution >= 0.6 is 0 Å². The van der Waals surface area contributed by atoms with Crippen LogP contribution in [0.15, 0.2) is 18.2 Å². The maximum Gasteiger partial charge on any atom is 0.223 e. The van der Waals surface area contributed by atoms with Crippen LogP contribution in [0.3, 0.4) is 0 Å². The Kier molecular flexibility index (Phi) is 3.17.